The van der Waals surface area contributed by atoms with Crippen LogP contribution in [0.15, 0.2) is 30.5 Å². The van der Waals surface area contributed by atoms with Gasteiger partial charge < -0.3 is 21.5 Å². The SMILES string of the molecule is NC[C@@H]1CCN(Cc2ccc3ccnc(N)c3c2)C1=O.O=C(O)C(F)(F)F. The number of carbonyl (C=O) groups is 2. The standard InChI is InChI=1S/C15H18N4O.C2HF3O2/c16-8-12-4-6-19(15(12)20)9-10-1-2-11-3-5-18-14(17)13(11)7-10;3-2(4,5)1(6)7/h1-3,5,7,12H,4,6,8-9,16H2,(H2,17,18);(H,6,7)/t12-;/m0./s1. The number of pyridine rings is 1. The van der Waals surface area contributed by atoms with E-state index in [-0.39, 0.29) is 11.8 Å². The Morgan fingerprint density at radius 3 is 2.56 bits per heavy atom. The van der Waals surface area contributed by atoms with Gasteiger partial charge in [-0.2, -0.15) is 13.2 Å². The molecule has 7 nitrogen and oxygen atoms in total. The molecule has 3 rings (SSSR count). The van der Waals surface area contributed by atoms with E-state index in [0.29, 0.717) is 18.9 Å². The Hall–Kier alpha value is -2.88. The summed E-state index contributed by atoms with van der Waals surface area (Å²) >= 11 is 0. The summed E-state index contributed by atoms with van der Waals surface area (Å²) in [5, 5.41) is 9.13. The highest BCUT2D eigenvalue weighted by atomic mass is 19.4. The van der Waals surface area contributed by atoms with Crippen molar-refractivity contribution in [3.63, 3.8) is 0 Å². The highest BCUT2D eigenvalue weighted by molar-refractivity contribution is 5.91. The van der Waals surface area contributed by atoms with Crippen LogP contribution < -0.4 is 11.5 Å². The number of carboxylic acids is 1. The van der Waals surface area contributed by atoms with Crippen LogP contribution in [-0.2, 0) is 16.1 Å². The fraction of sp³-hybridized carbons (Fsp3) is 0.353. The maximum atomic E-state index is 12.1. The molecule has 1 aliphatic rings. The molecule has 1 saturated heterocycles. The van der Waals surface area contributed by atoms with Gasteiger partial charge in [-0.1, -0.05) is 12.1 Å². The Morgan fingerprint density at radius 1 is 1.33 bits per heavy atom. The minimum absolute atomic E-state index is 0.0119. The Morgan fingerprint density at radius 2 is 2.00 bits per heavy atom. The molecule has 1 aromatic carbocycles. The summed E-state index contributed by atoms with van der Waals surface area (Å²) in [6, 6.07) is 8.00. The molecule has 0 bridgehead atoms. The largest absolute Gasteiger partial charge is 0.490 e. The Balaban J connectivity index is 0.000000321. The zero-order chi connectivity index (χ0) is 20.2. The number of aliphatic carboxylic acids is 1. The molecular weight excluding hydrogens is 365 g/mol. The van der Waals surface area contributed by atoms with Crippen LogP contribution in [0, 0.1) is 5.92 Å². The number of hydrogen-bond donors (Lipinski definition) is 3. The van der Waals surface area contributed by atoms with Gasteiger partial charge >= 0.3 is 12.1 Å². The normalized spacial score (nSPS) is 17.0. The number of benzene rings is 1. The van der Waals surface area contributed by atoms with E-state index in [4.69, 9.17) is 21.4 Å². The number of nitrogens with zero attached hydrogens (tertiary/aromatic N) is 2. The van der Waals surface area contributed by atoms with E-state index in [1.165, 1.54) is 0 Å². The predicted octanol–water partition coefficient (Wildman–Crippen LogP) is 1.76. The van der Waals surface area contributed by atoms with Crippen molar-refractivity contribution < 1.29 is 27.9 Å². The van der Waals surface area contributed by atoms with E-state index < -0.39 is 12.1 Å². The number of nitrogen functional groups attached to an aromatic ring is 1. The molecular formula is C17H19F3N4O3. The van der Waals surface area contributed by atoms with E-state index in [0.717, 1.165) is 29.3 Å². The van der Waals surface area contributed by atoms with Crippen LogP contribution in [0.2, 0.25) is 0 Å². The number of alkyl halides is 3. The van der Waals surface area contributed by atoms with E-state index in [1.807, 2.05) is 29.2 Å². The summed E-state index contributed by atoms with van der Waals surface area (Å²) < 4.78 is 31.7. The van der Waals surface area contributed by atoms with Gasteiger partial charge in [0.2, 0.25) is 5.91 Å². The van der Waals surface area contributed by atoms with Crippen molar-refractivity contribution in [3.8, 4) is 0 Å². The van der Waals surface area contributed by atoms with Crippen molar-refractivity contribution in [2.24, 2.45) is 11.7 Å². The summed E-state index contributed by atoms with van der Waals surface area (Å²) in [5.74, 6) is -2.08. The maximum Gasteiger partial charge on any atom is 0.490 e. The molecule has 0 saturated carbocycles. The lowest BCUT2D eigenvalue weighted by Crippen LogP contribution is -2.29. The molecule has 0 spiro atoms. The van der Waals surface area contributed by atoms with Gasteiger partial charge in [0.05, 0.1) is 5.92 Å². The highest BCUT2D eigenvalue weighted by Gasteiger charge is 2.38. The van der Waals surface area contributed by atoms with Crippen molar-refractivity contribution in [2.75, 3.05) is 18.8 Å². The zero-order valence-corrected chi connectivity index (χ0v) is 14.2. The van der Waals surface area contributed by atoms with Gasteiger partial charge in [-0.25, -0.2) is 9.78 Å². The van der Waals surface area contributed by atoms with Gasteiger partial charge in [-0.05, 0) is 29.5 Å². The summed E-state index contributed by atoms with van der Waals surface area (Å²) in [7, 11) is 0. The monoisotopic (exact) mass is 384 g/mol. The number of halogens is 3. The molecule has 2 aromatic rings. The van der Waals surface area contributed by atoms with Gasteiger partial charge in [0.15, 0.2) is 0 Å². The lowest BCUT2D eigenvalue weighted by Gasteiger charge is -2.17. The summed E-state index contributed by atoms with van der Waals surface area (Å²) in [6.07, 6.45) is -2.53. The number of fused-ring (bicyclic) bond motifs is 1. The first-order valence-electron chi connectivity index (χ1n) is 8.05. The van der Waals surface area contributed by atoms with Crippen LogP contribution in [0.25, 0.3) is 10.8 Å². The van der Waals surface area contributed by atoms with Gasteiger partial charge in [-0.3, -0.25) is 4.79 Å². The predicted molar refractivity (Wildman–Crippen MR) is 92.4 cm³/mol. The van der Waals surface area contributed by atoms with Crippen molar-refractivity contribution in [1.29, 1.82) is 0 Å². The molecule has 1 aromatic heterocycles. The number of amides is 1. The topological polar surface area (TPSA) is 123 Å². The Kier molecular flexibility index (Phi) is 6.21. The van der Waals surface area contributed by atoms with E-state index in [9.17, 15) is 18.0 Å². The first-order chi connectivity index (χ1) is 12.6. The quantitative estimate of drug-likeness (QED) is 0.741. The molecule has 0 radical (unpaired) electrons. The third-order valence-corrected chi connectivity index (χ3v) is 4.17. The fourth-order valence-corrected chi connectivity index (χ4v) is 2.74. The second-order valence-corrected chi connectivity index (χ2v) is 6.04. The second kappa shape index (κ2) is 8.21. The molecule has 1 amide bonds. The number of rotatable bonds is 3. The Bertz CT molecular complexity index is 842. The van der Waals surface area contributed by atoms with E-state index >= 15 is 0 Å². The molecule has 1 fully saturated rings. The molecule has 1 atom stereocenters. The lowest BCUT2D eigenvalue weighted by molar-refractivity contribution is -0.192. The number of carboxylic acid groups (broad SMARTS) is 1. The number of likely N-dealkylation sites (tertiary alicyclic amines) is 1. The van der Waals surface area contributed by atoms with Gasteiger partial charge in [0, 0.05) is 31.2 Å². The number of hydrogen-bond acceptors (Lipinski definition) is 5. The van der Waals surface area contributed by atoms with Crippen molar-refractivity contribution in [3.05, 3.63) is 36.0 Å². The molecule has 2 heterocycles. The molecule has 146 valence electrons. The first-order valence-corrected chi connectivity index (χ1v) is 8.05. The zero-order valence-electron chi connectivity index (χ0n) is 14.2. The fourth-order valence-electron chi connectivity index (χ4n) is 2.74. The van der Waals surface area contributed by atoms with Crippen LogP contribution in [0.1, 0.15) is 12.0 Å². The van der Waals surface area contributed by atoms with Gasteiger partial charge in [0.25, 0.3) is 0 Å². The average Bonchev–Trinajstić information content (AvgIpc) is 2.95. The molecule has 5 N–H and O–H groups in total. The average molecular weight is 384 g/mol. The molecule has 0 aliphatic carbocycles. The van der Waals surface area contributed by atoms with Crippen LogP contribution in [0.3, 0.4) is 0 Å². The van der Waals surface area contributed by atoms with Crippen LogP contribution >= 0.6 is 0 Å². The molecule has 10 heteroatoms. The minimum atomic E-state index is -5.08. The van der Waals surface area contributed by atoms with Gasteiger partial charge in [-0.15, -0.1) is 0 Å². The van der Waals surface area contributed by atoms with Crippen LogP contribution in [0.5, 0.6) is 0 Å². The third-order valence-electron chi connectivity index (χ3n) is 4.17. The van der Waals surface area contributed by atoms with Crippen molar-refractivity contribution in [2.45, 2.75) is 19.1 Å². The smallest absolute Gasteiger partial charge is 0.475 e. The van der Waals surface area contributed by atoms with E-state index in [2.05, 4.69) is 4.98 Å². The highest BCUT2D eigenvalue weighted by Crippen LogP contribution is 2.23. The summed E-state index contributed by atoms with van der Waals surface area (Å²) in [5.41, 5.74) is 12.6. The lowest BCUT2D eigenvalue weighted by atomic mass is 10.1. The second-order valence-electron chi connectivity index (χ2n) is 6.04. The van der Waals surface area contributed by atoms with Crippen LogP contribution in [0.4, 0.5) is 19.0 Å². The third kappa shape index (κ3) is 5.07. The summed E-state index contributed by atoms with van der Waals surface area (Å²) in [4.78, 5) is 26.9. The Labute approximate surface area is 152 Å². The molecule has 27 heavy (non-hydrogen) atoms. The van der Waals surface area contributed by atoms with Crippen molar-refractivity contribution >= 4 is 28.5 Å². The van der Waals surface area contributed by atoms with E-state index in [1.54, 1.807) is 6.20 Å². The van der Waals surface area contributed by atoms with Gasteiger partial charge in [0.1, 0.15) is 5.82 Å². The number of aromatic nitrogens is 1. The number of carbonyl (C=O) groups excluding carboxylic acids is 1. The van der Waals surface area contributed by atoms with Crippen LogP contribution in [-0.4, -0.2) is 46.1 Å². The molecule has 1 aliphatic heterocycles. The first kappa shape index (κ1) is 20.4. The number of nitrogens with two attached hydrogens (primary N) is 2. The minimum Gasteiger partial charge on any atom is -0.475 e. The number of anilines is 1. The maximum absolute atomic E-state index is 12.1. The summed E-state index contributed by atoms with van der Waals surface area (Å²) in [6.45, 7) is 1.82. The van der Waals surface area contributed by atoms with Crippen molar-refractivity contribution in [1.82, 2.24) is 9.88 Å². The molecule has 0 unspecified atom stereocenters.